The van der Waals surface area contributed by atoms with Crippen molar-refractivity contribution >= 4 is 17.0 Å². The minimum Gasteiger partial charge on any atom is -0.469 e. The summed E-state index contributed by atoms with van der Waals surface area (Å²) in [4.78, 5) is 5.23. The van der Waals surface area contributed by atoms with E-state index >= 15 is 0 Å². The molecular weight excluding hydrogens is 290 g/mol. The third-order valence-corrected chi connectivity index (χ3v) is 6.83. The second-order valence-corrected chi connectivity index (χ2v) is 8.54. The number of aliphatic imine (C=N–C) groups is 1. The van der Waals surface area contributed by atoms with Gasteiger partial charge in [0.05, 0.1) is 5.54 Å². The quantitative estimate of drug-likeness (QED) is 0.583. The Kier molecular flexibility index (Phi) is 6.12. The summed E-state index contributed by atoms with van der Waals surface area (Å²) in [5.74, 6) is 1.90. The standard InChI is InChI=1S/C19H33NOS/c1-2-3-4-10-15-22-18-20-19(13-8-5-9-14-19)16-11-6-7-12-17(16)21-18/h16-17H,2-15H2,1H3/t16-,17+/m1/s1. The maximum Gasteiger partial charge on any atom is 0.246 e. The zero-order chi connectivity index (χ0) is 15.3. The normalized spacial score (nSPS) is 30.5. The predicted molar refractivity (Wildman–Crippen MR) is 96.7 cm³/mol. The van der Waals surface area contributed by atoms with E-state index < -0.39 is 0 Å². The Morgan fingerprint density at radius 1 is 1.05 bits per heavy atom. The van der Waals surface area contributed by atoms with Crippen molar-refractivity contribution in [2.45, 2.75) is 102 Å². The average molecular weight is 324 g/mol. The Morgan fingerprint density at radius 2 is 1.86 bits per heavy atom. The smallest absolute Gasteiger partial charge is 0.246 e. The Hall–Kier alpha value is -0.180. The Morgan fingerprint density at radius 3 is 2.68 bits per heavy atom. The van der Waals surface area contributed by atoms with E-state index in [0.717, 1.165) is 5.23 Å². The van der Waals surface area contributed by atoms with Gasteiger partial charge in [0.1, 0.15) is 6.10 Å². The molecule has 2 aliphatic carbocycles. The topological polar surface area (TPSA) is 21.6 Å². The lowest BCUT2D eigenvalue weighted by atomic mass is 9.66. The molecule has 0 aromatic heterocycles. The molecule has 3 heteroatoms. The van der Waals surface area contributed by atoms with Crippen LogP contribution in [0.3, 0.4) is 0 Å². The summed E-state index contributed by atoms with van der Waals surface area (Å²) in [5, 5.41) is 1.04. The highest BCUT2D eigenvalue weighted by molar-refractivity contribution is 8.13. The van der Waals surface area contributed by atoms with Crippen LogP contribution in [-0.4, -0.2) is 22.6 Å². The molecule has 0 N–H and O–H groups in total. The van der Waals surface area contributed by atoms with Crippen LogP contribution in [-0.2, 0) is 4.74 Å². The van der Waals surface area contributed by atoms with Crippen molar-refractivity contribution in [3.63, 3.8) is 0 Å². The van der Waals surface area contributed by atoms with Crippen molar-refractivity contribution in [3.8, 4) is 0 Å². The van der Waals surface area contributed by atoms with Gasteiger partial charge in [0.25, 0.3) is 0 Å². The third kappa shape index (κ3) is 3.83. The summed E-state index contributed by atoms with van der Waals surface area (Å²) < 4.78 is 6.34. The molecule has 0 saturated heterocycles. The van der Waals surface area contributed by atoms with Crippen molar-refractivity contribution in [1.29, 1.82) is 0 Å². The van der Waals surface area contributed by atoms with E-state index in [1.807, 2.05) is 11.8 Å². The van der Waals surface area contributed by atoms with Gasteiger partial charge in [-0.25, -0.2) is 4.99 Å². The molecule has 2 fully saturated rings. The van der Waals surface area contributed by atoms with Crippen molar-refractivity contribution in [3.05, 3.63) is 0 Å². The molecule has 0 radical (unpaired) electrons. The van der Waals surface area contributed by atoms with Crippen LogP contribution >= 0.6 is 11.8 Å². The molecule has 0 amide bonds. The van der Waals surface area contributed by atoms with Crippen molar-refractivity contribution in [2.75, 3.05) is 5.75 Å². The number of rotatable bonds is 5. The minimum absolute atomic E-state index is 0.257. The first-order chi connectivity index (χ1) is 10.8. The predicted octanol–water partition coefficient (Wildman–Crippen LogP) is 5.95. The number of hydrogen-bond donors (Lipinski definition) is 0. The summed E-state index contributed by atoms with van der Waals surface area (Å²) in [7, 11) is 0. The number of unbranched alkanes of at least 4 members (excludes halogenated alkanes) is 3. The molecule has 1 spiro atoms. The maximum absolute atomic E-state index is 6.34. The highest BCUT2D eigenvalue weighted by atomic mass is 32.2. The molecular formula is C19H33NOS. The van der Waals surface area contributed by atoms with Crippen LogP contribution in [0.2, 0.25) is 0 Å². The maximum atomic E-state index is 6.34. The van der Waals surface area contributed by atoms with E-state index in [9.17, 15) is 0 Å². The molecule has 0 bridgehead atoms. The van der Waals surface area contributed by atoms with Gasteiger partial charge < -0.3 is 4.74 Å². The first-order valence-corrected chi connectivity index (χ1v) is 10.7. The molecule has 22 heavy (non-hydrogen) atoms. The zero-order valence-electron chi connectivity index (χ0n) is 14.3. The van der Waals surface area contributed by atoms with Crippen LogP contribution in [0.15, 0.2) is 4.99 Å². The second-order valence-electron chi connectivity index (χ2n) is 7.50. The lowest BCUT2D eigenvalue weighted by Crippen LogP contribution is -2.51. The Bertz CT molecular complexity index is 376. The first kappa shape index (κ1) is 16.7. The lowest BCUT2D eigenvalue weighted by Gasteiger charge is -2.49. The van der Waals surface area contributed by atoms with Gasteiger partial charge >= 0.3 is 0 Å². The summed E-state index contributed by atoms with van der Waals surface area (Å²) >= 11 is 1.90. The van der Waals surface area contributed by atoms with Gasteiger partial charge in [-0.2, -0.15) is 0 Å². The molecule has 1 heterocycles. The largest absolute Gasteiger partial charge is 0.469 e. The van der Waals surface area contributed by atoms with E-state index in [2.05, 4.69) is 6.92 Å². The first-order valence-electron chi connectivity index (χ1n) is 9.73. The third-order valence-electron chi connectivity index (χ3n) is 5.90. The lowest BCUT2D eigenvalue weighted by molar-refractivity contribution is 0.00299. The fourth-order valence-electron chi connectivity index (χ4n) is 4.67. The number of fused-ring (bicyclic) bond motifs is 2. The van der Waals surface area contributed by atoms with Crippen LogP contribution in [0.1, 0.15) is 90.4 Å². The number of hydrogen-bond acceptors (Lipinski definition) is 3. The van der Waals surface area contributed by atoms with Gasteiger partial charge in [0.15, 0.2) is 0 Å². The Balaban J connectivity index is 1.64. The highest BCUT2D eigenvalue weighted by Crippen LogP contribution is 2.48. The molecule has 3 aliphatic rings. The molecule has 2 atom stereocenters. The van der Waals surface area contributed by atoms with Gasteiger partial charge in [0.2, 0.25) is 5.23 Å². The van der Waals surface area contributed by atoms with Gasteiger partial charge in [-0.15, -0.1) is 0 Å². The zero-order valence-corrected chi connectivity index (χ0v) is 15.1. The summed E-state index contributed by atoms with van der Waals surface area (Å²) in [6.45, 7) is 2.28. The molecule has 0 aromatic carbocycles. The van der Waals surface area contributed by atoms with E-state index in [4.69, 9.17) is 9.73 Å². The van der Waals surface area contributed by atoms with Crippen molar-refractivity contribution in [2.24, 2.45) is 10.9 Å². The SMILES string of the molecule is CCCCCCSC1=NC2(CCCCC2)[C@@H]2CCCC[C@@H]2O1. The molecule has 3 rings (SSSR count). The van der Waals surface area contributed by atoms with E-state index in [1.165, 1.54) is 89.2 Å². The summed E-state index contributed by atoms with van der Waals surface area (Å²) in [6, 6.07) is 0. The monoisotopic (exact) mass is 323 g/mol. The minimum atomic E-state index is 0.257. The molecule has 1 aliphatic heterocycles. The van der Waals surface area contributed by atoms with Crippen LogP contribution in [0.5, 0.6) is 0 Å². The van der Waals surface area contributed by atoms with Gasteiger partial charge in [0, 0.05) is 11.7 Å². The fourth-order valence-corrected chi connectivity index (χ4v) is 5.64. The number of ether oxygens (including phenoxy) is 1. The molecule has 0 aromatic rings. The fraction of sp³-hybridized carbons (Fsp3) is 0.947. The molecule has 126 valence electrons. The van der Waals surface area contributed by atoms with Gasteiger partial charge in [-0.1, -0.05) is 63.6 Å². The van der Waals surface area contributed by atoms with Gasteiger partial charge in [-0.05, 0) is 38.5 Å². The van der Waals surface area contributed by atoms with Crippen LogP contribution in [0, 0.1) is 5.92 Å². The summed E-state index contributed by atoms with van der Waals surface area (Å²) in [5.41, 5.74) is 0.257. The number of nitrogens with zero attached hydrogens (tertiary/aromatic N) is 1. The van der Waals surface area contributed by atoms with E-state index in [1.54, 1.807) is 0 Å². The molecule has 0 unspecified atom stereocenters. The molecule has 2 nitrogen and oxygen atoms in total. The van der Waals surface area contributed by atoms with Crippen LogP contribution < -0.4 is 0 Å². The van der Waals surface area contributed by atoms with Crippen molar-refractivity contribution in [1.82, 2.24) is 0 Å². The van der Waals surface area contributed by atoms with Crippen molar-refractivity contribution < 1.29 is 4.74 Å². The highest BCUT2D eigenvalue weighted by Gasteiger charge is 2.48. The molecule has 2 saturated carbocycles. The van der Waals surface area contributed by atoms with Gasteiger partial charge in [-0.3, -0.25) is 0 Å². The average Bonchev–Trinajstić information content (AvgIpc) is 2.56. The van der Waals surface area contributed by atoms with E-state index in [-0.39, 0.29) is 5.54 Å². The van der Waals surface area contributed by atoms with E-state index in [0.29, 0.717) is 12.0 Å². The Labute approximate surface area is 140 Å². The number of thioether (sulfide) groups is 1. The summed E-state index contributed by atoms with van der Waals surface area (Å²) in [6.07, 6.45) is 18.0. The van der Waals surface area contributed by atoms with Crippen LogP contribution in [0.25, 0.3) is 0 Å². The van der Waals surface area contributed by atoms with Crippen LogP contribution in [0.4, 0.5) is 0 Å². The second kappa shape index (κ2) is 8.08.